The van der Waals surface area contributed by atoms with Gasteiger partial charge in [-0.2, -0.15) is 0 Å². The van der Waals surface area contributed by atoms with Gasteiger partial charge in [-0.25, -0.2) is 8.42 Å². The third kappa shape index (κ3) is 3.64. The van der Waals surface area contributed by atoms with Crippen molar-refractivity contribution in [2.45, 2.75) is 26.2 Å². The van der Waals surface area contributed by atoms with Gasteiger partial charge in [-0.3, -0.25) is 4.72 Å². The number of benzene rings is 2. The van der Waals surface area contributed by atoms with E-state index in [1.807, 2.05) is 42.5 Å². The molecular weight excluding hydrogens is 282 g/mol. The van der Waals surface area contributed by atoms with Gasteiger partial charge in [0.15, 0.2) is 0 Å². The zero-order valence-corrected chi connectivity index (χ0v) is 13.4. The van der Waals surface area contributed by atoms with E-state index in [0.717, 1.165) is 5.56 Å². The van der Waals surface area contributed by atoms with Gasteiger partial charge in [-0.15, -0.1) is 0 Å². The lowest BCUT2D eigenvalue weighted by molar-refractivity contribution is 0.602. The summed E-state index contributed by atoms with van der Waals surface area (Å²) >= 11 is 0. The average Bonchev–Trinajstić information content (AvgIpc) is 2.48. The third-order valence-corrected chi connectivity index (χ3v) is 5.06. The number of rotatable bonds is 5. The molecule has 1 N–H and O–H groups in total. The molecule has 2 rings (SSSR count). The lowest BCUT2D eigenvalue weighted by atomic mass is 9.78. The van der Waals surface area contributed by atoms with Crippen LogP contribution in [0.3, 0.4) is 0 Å². The number of nitrogens with one attached hydrogen (secondary N) is 1. The highest BCUT2D eigenvalue weighted by Crippen LogP contribution is 2.31. The van der Waals surface area contributed by atoms with E-state index in [9.17, 15) is 8.42 Å². The summed E-state index contributed by atoms with van der Waals surface area (Å²) in [7, 11) is -3.22. The average molecular weight is 303 g/mol. The van der Waals surface area contributed by atoms with Gasteiger partial charge in [0.1, 0.15) is 0 Å². The lowest BCUT2D eigenvalue weighted by Gasteiger charge is -2.26. The summed E-state index contributed by atoms with van der Waals surface area (Å²) in [5.41, 5.74) is 2.85. The number of hydrogen-bond acceptors (Lipinski definition) is 2. The second-order valence-corrected chi connectivity index (χ2v) is 7.58. The summed E-state index contributed by atoms with van der Waals surface area (Å²) in [5.74, 6) is 0.0737. The minimum Gasteiger partial charge on any atom is -0.284 e. The van der Waals surface area contributed by atoms with Crippen LogP contribution < -0.4 is 4.72 Å². The summed E-state index contributed by atoms with van der Waals surface area (Å²) in [6.45, 7) is 5.94. The van der Waals surface area contributed by atoms with Crippen LogP contribution in [-0.4, -0.2) is 14.2 Å². The Morgan fingerprint density at radius 2 is 1.43 bits per heavy atom. The Balaban J connectivity index is 2.27. The molecule has 0 atom stereocenters. The van der Waals surface area contributed by atoms with Gasteiger partial charge in [0.25, 0.3) is 0 Å². The Kier molecular flexibility index (Phi) is 4.37. The van der Waals surface area contributed by atoms with Crippen molar-refractivity contribution < 1.29 is 8.42 Å². The van der Waals surface area contributed by atoms with Crippen molar-refractivity contribution in [2.24, 2.45) is 0 Å². The van der Waals surface area contributed by atoms with Gasteiger partial charge in [0.2, 0.25) is 10.0 Å². The molecular formula is C17H21NO2S. The van der Waals surface area contributed by atoms with Crippen molar-refractivity contribution in [2.75, 3.05) is 10.5 Å². The highest BCUT2D eigenvalue weighted by molar-refractivity contribution is 7.92. The van der Waals surface area contributed by atoms with Gasteiger partial charge < -0.3 is 0 Å². The second-order valence-electron chi connectivity index (χ2n) is 5.57. The first-order chi connectivity index (χ1) is 9.85. The minimum absolute atomic E-state index is 0.0737. The van der Waals surface area contributed by atoms with Gasteiger partial charge in [-0.05, 0) is 30.2 Å². The summed E-state index contributed by atoms with van der Waals surface area (Å²) in [6, 6.07) is 17.8. The highest BCUT2D eigenvalue weighted by Gasteiger charge is 2.22. The van der Waals surface area contributed by atoms with Crippen LogP contribution in [0, 0.1) is 0 Å². The van der Waals surface area contributed by atoms with E-state index in [0.29, 0.717) is 5.69 Å². The van der Waals surface area contributed by atoms with E-state index < -0.39 is 10.0 Å². The Labute approximate surface area is 127 Å². The van der Waals surface area contributed by atoms with E-state index in [1.54, 1.807) is 6.92 Å². The molecule has 0 aliphatic rings. The summed E-state index contributed by atoms with van der Waals surface area (Å²) in [6.07, 6.45) is 0. The second kappa shape index (κ2) is 5.90. The maximum atomic E-state index is 11.6. The molecule has 0 saturated heterocycles. The van der Waals surface area contributed by atoms with Gasteiger partial charge in [-0.1, -0.05) is 56.3 Å². The zero-order valence-electron chi connectivity index (χ0n) is 12.6. The molecule has 2 aromatic carbocycles. The number of sulfonamides is 1. The molecule has 2 aromatic rings. The largest absolute Gasteiger partial charge is 0.284 e. The van der Waals surface area contributed by atoms with Crippen molar-refractivity contribution in [1.82, 2.24) is 0 Å². The first kappa shape index (κ1) is 15.6. The van der Waals surface area contributed by atoms with E-state index in [-0.39, 0.29) is 11.2 Å². The van der Waals surface area contributed by atoms with Crippen LogP contribution in [0.5, 0.6) is 0 Å². The number of anilines is 1. The summed E-state index contributed by atoms with van der Waals surface area (Å²) in [4.78, 5) is 0. The topological polar surface area (TPSA) is 46.2 Å². The highest BCUT2D eigenvalue weighted by atomic mass is 32.2. The smallest absolute Gasteiger partial charge is 0.232 e. The molecule has 0 heterocycles. The van der Waals surface area contributed by atoms with Crippen molar-refractivity contribution in [3.8, 4) is 0 Å². The third-order valence-electron chi connectivity index (χ3n) is 3.76. The molecule has 0 radical (unpaired) electrons. The van der Waals surface area contributed by atoms with Crippen LogP contribution in [-0.2, 0) is 15.4 Å². The molecule has 0 unspecified atom stereocenters. The Bertz CT molecular complexity index is 689. The fourth-order valence-corrected chi connectivity index (χ4v) is 2.87. The van der Waals surface area contributed by atoms with E-state index in [1.165, 1.54) is 5.56 Å². The van der Waals surface area contributed by atoms with Gasteiger partial charge in [0.05, 0.1) is 5.75 Å². The van der Waals surface area contributed by atoms with Crippen molar-refractivity contribution in [1.29, 1.82) is 0 Å². The lowest BCUT2D eigenvalue weighted by Crippen LogP contribution is -2.19. The van der Waals surface area contributed by atoms with Gasteiger partial charge >= 0.3 is 0 Å². The molecule has 4 heteroatoms. The molecule has 0 saturated carbocycles. The molecule has 0 aliphatic carbocycles. The Morgan fingerprint density at radius 3 is 1.95 bits per heavy atom. The first-order valence-electron chi connectivity index (χ1n) is 7.02. The fourth-order valence-electron chi connectivity index (χ4n) is 2.23. The van der Waals surface area contributed by atoms with E-state index in [4.69, 9.17) is 0 Å². The van der Waals surface area contributed by atoms with Crippen LogP contribution in [0.25, 0.3) is 0 Å². The molecule has 0 aromatic heterocycles. The predicted octanol–water partition coefficient (Wildman–Crippen LogP) is 3.77. The molecule has 0 aliphatic heterocycles. The van der Waals surface area contributed by atoms with Gasteiger partial charge in [0, 0.05) is 11.1 Å². The quantitative estimate of drug-likeness (QED) is 0.914. The molecule has 112 valence electrons. The summed E-state index contributed by atoms with van der Waals surface area (Å²) < 4.78 is 25.7. The fraction of sp³-hybridized carbons (Fsp3) is 0.294. The minimum atomic E-state index is -3.22. The van der Waals surface area contributed by atoms with Crippen LogP contribution in [0.2, 0.25) is 0 Å². The molecule has 3 nitrogen and oxygen atoms in total. The SMILES string of the molecule is CCS(=O)(=O)Nc1ccc(C(C)(C)c2ccccc2)cc1. The standard InChI is InChI=1S/C17H21NO2S/c1-4-21(19,20)18-16-12-10-15(11-13-16)17(2,3)14-8-6-5-7-9-14/h5-13,18H,4H2,1-3H3. The van der Waals surface area contributed by atoms with Crippen molar-refractivity contribution >= 4 is 15.7 Å². The zero-order chi connectivity index (χ0) is 15.5. The monoisotopic (exact) mass is 303 g/mol. The normalized spacial score (nSPS) is 12.1. The maximum absolute atomic E-state index is 11.6. The summed E-state index contributed by atoms with van der Waals surface area (Å²) in [5, 5.41) is 0. The molecule has 0 amide bonds. The van der Waals surface area contributed by atoms with E-state index in [2.05, 4.69) is 30.7 Å². The molecule has 0 spiro atoms. The van der Waals surface area contributed by atoms with Crippen LogP contribution in [0.15, 0.2) is 54.6 Å². The first-order valence-corrected chi connectivity index (χ1v) is 8.67. The number of hydrogen-bond donors (Lipinski definition) is 1. The predicted molar refractivity (Wildman–Crippen MR) is 88.1 cm³/mol. The van der Waals surface area contributed by atoms with Crippen LogP contribution >= 0.6 is 0 Å². The van der Waals surface area contributed by atoms with Crippen molar-refractivity contribution in [3.05, 3.63) is 65.7 Å². The molecule has 0 bridgehead atoms. The Hall–Kier alpha value is -1.81. The molecule has 0 fully saturated rings. The van der Waals surface area contributed by atoms with Crippen LogP contribution in [0.1, 0.15) is 31.9 Å². The van der Waals surface area contributed by atoms with Crippen molar-refractivity contribution in [3.63, 3.8) is 0 Å². The molecule has 21 heavy (non-hydrogen) atoms. The maximum Gasteiger partial charge on any atom is 0.232 e. The van der Waals surface area contributed by atoms with E-state index >= 15 is 0 Å². The Morgan fingerprint density at radius 1 is 0.905 bits per heavy atom. The van der Waals surface area contributed by atoms with Crippen LogP contribution in [0.4, 0.5) is 5.69 Å².